The van der Waals surface area contributed by atoms with Gasteiger partial charge in [0.1, 0.15) is 17.2 Å². The zero-order valence-corrected chi connectivity index (χ0v) is 22.8. The molecule has 1 amide bonds. The summed E-state index contributed by atoms with van der Waals surface area (Å²) in [4.78, 5) is 21.5. The highest BCUT2D eigenvalue weighted by atomic mass is 16.5. The fraction of sp³-hybridized carbons (Fsp3) is 0.387. The van der Waals surface area contributed by atoms with Crippen LogP contribution in [0, 0.1) is 6.92 Å². The fourth-order valence-electron chi connectivity index (χ4n) is 4.46. The van der Waals surface area contributed by atoms with Gasteiger partial charge in [-0.05, 0) is 94.8 Å². The molecular weight excluding hydrogens is 476 g/mol. The summed E-state index contributed by atoms with van der Waals surface area (Å²) >= 11 is 0. The van der Waals surface area contributed by atoms with Crippen LogP contribution in [0.2, 0.25) is 0 Å². The van der Waals surface area contributed by atoms with Crippen molar-refractivity contribution in [2.75, 3.05) is 0 Å². The quantitative estimate of drug-likeness (QED) is 0.340. The van der Waals surface area contributed by atoms with E-state index >= 15 is 0 Å². The van der Waals surface area contributed by atoms with Gasteiger partial charge in [-0.2, -0.15) is 0 Å². The van der Waals surface area contributed by atoms with E-state index in [-0.39, 0.29) is 24.0 Å². The molecule has 1 saturated carbocycles. The Hall–Kier alpha value is -3.87. The Kier molecular flexibility index (Phi) is 8.66. The first kappa shape index (κ1) is 27.2. The minimum absolute atomic E-state index is 0.166. The maximum atomic E-state index is 12.6. The summed E-state index contributed by atoms with van der Waals surface area (Å²) in [6.07, 6.45) is 11.1. The van der Waals surface area contributed by atoms with Crippen molar-refractivity contribution in [3.8, 4) is 17.2 Å². The molecule has 0 radical (unpaired) electrons. The number of nitrogens with one attached hydrogen (secondary N) is 1. The number of benzene rings is 2. The van der Waals surface area contributed by atoms with Gasteiger partial charge in [-0.15, -0.1) is 0 Å². The fourth-order valence-corrected chi connectivity index (χ4v) is 4.46. The third-order valence-electron chi connectivity index (χ3n) is 6.41. The van der Waals surface area contributed by atoms with Gasteiger partial charge in [0.05, 0.1) is 29.3 Å². The molecule has 7 heteroatoms. The predicted octanol–water partition coefficient (Wildman–Crippen LogP) is 6.38. The number of nitrogens with zero attached hydrogens (tertiary/aromatic N) is 2. The van der Waals surface area contributed by atoms with Gasteiger partial charge in [0.25, 0.3) is 0 Å². The normalized spacial score (nSPS) is 15.1. The molecule has 7 nitrogen and oxygen atoms in total. The molecule has 38 heavy (non-hydrogen) atoms. The average molecular weight is 515 g/mol. The number of aromatic nitrogens is 1. The molecule has 0 spiro atoms. The van der Waals surface area contributed by atoms with Crippen LogP contribution in [0.1, 0.15) is 64.0 Å². The first-order valence-corrected chi connectivity index (χ1v) is 13.3. The van der Waals surface area contributed by atoms with Crippen molar-refractivity contribution < 1.29 is 14.3 Å². The van der Waals surface area contributed by atoms with Crippen molar-refractivity contribution in [2.45, 2.75) is 77.9 Å². The number of nitrogens with two attached hydrogens (primary N) is 1. The van der Waals surface area contributed by atoms with Crippen molar-refractivity contribution in [1.82, 2.24) is 10.3 Å². The number of carbonyl (C=O) groups excluding carboxylic acids is 1. The molecule has 4 rings (SSSR count). The maximum Gasteiger partial charge on any atom is 0.228 e. The molecule has 1 aromatic heterocycles. The van der Waals surface area contributed by atoms with E-state index in [2.05, 4.69) is 15.3 Å². The van der Waals surface area contributed by atoms with Gasteiger partial charge >= 0.3 is 0 Å². The van der Waals surface area contributed by atoms with E-state index < -0.39 is 0 Å². The molecule has 0 saturated heterocycles. The minimum atomic E-state index is -0.254. The van der Waals surface area contributed by atoms with Crippen LogP contribution in [0.25, 0.3) is 10.9 Å². The molecule has 2 aromatic carbocycles. The van der Waals surface area contributed by atoms with Crippen LogP contribution in [0.15, 0.2) is 65.6 Å². The number of hydrogen-bond donors (Lipinski definition) is 2. The zero-order valence-electron chi connectivity index (χ0n) is 22.8. The van der Waals surface area contributed by atoms with Crippen molar-refractivity contribution >= 4 is 23.0 Å². The molecule has 3 N–H and O–H groups in total. The molecule has 0 aliphatic heterocycles. The van der Waals surface area contributed by atoms with Crippen molar-refractivity contribution in [2.24, 2.45) is 10.7 Å². The first-order chi connectivity index (χ1) is 18.2. The number of carbonyl (C=O) groups is 1. The maximum absolute atomic E-state index is 12.6. The second-order valence-electron chi connectivity index (χ2n) is 10.8. The van der Waals surface area contributed by atoms with Crippen molar-refractivity contribution in [3.63, 3.8) is 0 Å². The number of hydrogen-bond acceptors (Lipinski definition) is 6. The monoisotopic (exact) mass is 514 g/mol. The first-order valence-electron chi connectivity index (χ1n) is 13.3. The number of pyridine rings is 1. The standard InChI is InChI=1S/C31H38N4O3/c1-21-16-22(17-30(36)35-23(19-32)20-34-31(2,3)4)10-13-28(21)38-29-14-15-33-27-12-11-25(18-26(27)29)37-24-8-6-5-7-9-24/h10-16,18-20,24H,5-9,17,32H2,1-4H3,(H,35,36)/b23-19+,34-20?. The van der Waals surface area contributed by atoms with Gasteiger partial charge in [0.15, 0.2) is 0 Å². The minimum Gasteiger partial charge on any atom is -0.490 e. The SMILES string of the molecule is Cc1cc(CC(=O)N/C(C=NC(C)(C)C)=C/N)ccc1Oc1ccnc2ccc(OC3CCCCC3)cc12. The highest BCUT2D eigenvalue weighted by molar-refractivity contribution is 5.89. The van der Waals surface area contributed by atoms with Crippen molar-refractivity contribution in [3.05, 3.63) is 71.7 Å². The topological polar surface area (TPSA) is 98.8 Å². The summed E-state index contributed by atoms with van der Waals surface area (Å²) in [5.41, 5.74) is 8.53. The van der Waals surface area contributed by atoms with Crippen LogP contribution < -0.4 is 20.5 Å². The second kappa shape index (κ2) is 12.1. The second-order valence-corrected chi connectivity index (χ2v) is 10.8. The Morgan fingerprint density at radius 3 is 2.61 bits per heavy atom. The molecule has 1 heterocycles. The zero-order chi connectivity index (χ0) is 27.1. The van der Waals surface area contributed by atoms with Crippen LogP contribution >= 0.6 is 0 Å². The predicted molar refractivity (Wildman–Crippen MR) is 153 cm³/mol. The number of rotatable bonds is 8. The molecular formula is C31H38N4O3. The van der Waals surface area contributed by atoms with E-state index in [0.29, 0.717) is 11.4 Å². The van der Waals surface area contributed by atoms with E-state index in [9.17, 15) is 4.79 Å². The molecule has 1 aliphatic carbocycles. The van der Waals surface area contributed by atoms with Gasteiger partial charge in [-0.1, -0.05) is 18.6 Å². The lowest BCUT2D eigenvalue weighted by atomic mass is 9.98. The van der Waals surface area contributed by atoms with E-state index in [1.165, 1.54) is 25.5 Å². The lowest BCUT2D eigenvalue weighted by molar-refractivity contribution is -0.119. The van der Waals surface area contributed by atoms with Gasteiger partial charge in [0, 0.05) is 24.0 Å². The van der Waals surface area contributed by atoms with Crippen LogP contribution in [-0.4, -0.2) is 28.7 Å². The van der Waals surface area contributed by atoms with Gasteiger partial charge in [-0.25, -0.2) is 0 Å². The summed E-state index contributed by atoms with van der Waals surface area (Å²) in [5, 5.41) is 3.72. The molecule has 3 aromatic rings. The number of aliphatic imine (C=N–C) groups is 1. The molecule has 0 bridgehead atoms. The Morgan fingerprint density at radius 1 is 1.11 bits per heavy atom. The number of ether oxygens (including phenoxy) is 2. The molecule has 0 atom stereocenters. The number of amides is 1. The van der Waals surface area contributed by atoms with Gasteiger partial charge < -0.3 is 20.5 Å². The van der Waals surface area contributed by atoms with E-state index in [0.717, 1.165) is 46.4 Å². The Balaban J connectivity index is 1.45. The van der Waals surface area contributed by atoms with Crippen LogP contribution in [0.5, 0.6) is 17.2 Å². The Morgan fingerprint density at radius 2 is 1.89 bits per heavy atom. The van der Waals surface area contributed by atoms with Crippen LogP contribution in [0.4, 0.5) is 0 Å². The molecule has 0 unspecified atom stereocenters. The largest absolute Gasteiger partial charge is 0.490 e. The van der Waals surface area contributed by atoms with E-state index in [4.69, 9.17) is 15.2 Å². The number of fused-ring (bicyclic) bond motifs is 1. The third kappa shape index (κ3) is 7.57. The van der Waals surface area contributed by atoms with E-state index in [1.807, 2.05) is 70.2 Å². The Labute approximate surface area is 225 Å². The lowest BCUT2D eigenvalue weighted by Crippen LogP contribution is -2.26. The number of aryl methyl sites for hydroxylation is 1. The summed E-state index contributed by atoms with van der Waals surface area (Å²) in [6.45, 7) is 7.90. The van der Waals surface area contributed by atoms with Gasteiger partial charge in [-0.3, -0.25) is 14.8 Å². The Bertz CT molecular complexity index is 1330. The summed E-state index contributed by atoms with van der Waals surface area (Å²) < 4.78 is 12.6. The molecule has 1 aliphatic rings. The number of allylic oxidation sites excluding steroid dienone is 1. The average Bonchev–Trinajstić information content (AvgIpc) is 2.88. The van der Waals surface area contributed by atoms with Crippen LogP contribution in [-0.2, 0) is 11.2 Å². The molecule has 200 valence electrons. The third-order valence-corrected chi connectivity index (χ3v) is 6.41. The van der Waals surface area contributed by atoms with Gasteiger partial charge in [0.2, 0.25) is 5.91 Å². The lowest BCUT2D eigenvalue weighted by Gasteiger charge is -2.23. The highest BCUT2D eigenvalue weighted by Crippen LogP contribution is 2.34. The van der Waals surface area contributed by atoms with Crippen molar-refractivity contribution in [1.29, 1.82) is 0 Å². The summed E-state index contributed by atoms with van der Waals surface area (Å²) in [5.74, 6) is 2.12. The molecule has 1 fully saturated rings. The summed E-state index contributed by atoms with van der Waals surface area (Å²) in [7, 11) is 0. The smallest absolute Gasteiger partial charge is 0.228 e. The van der Waals surface area contributed by atoms with Crippen LogP contribution in [0.3, 0.4) is 0 Å². The summed E-state index contributed by atoms with van der Waals surface area (Å²) in [6, 6.07) is 13.6. The highest BCUT2D eigenvalue weighted by Gasteiger charge is 2.16. The van der Waals surface area contributed by atoms with E-state index in [1.54, 1.807) is 12.4 Å².